The van der Waals surface area contributed by atoms with E-state index >= 15 is 0 Å². The van der Waals surface area contributed by atoms with Gasteiger partial charge < -0.3 is 15.8 Å². The Labute approximate surface area is 234 Å². The molecule has 0 aliphatic heterocycles. The van der Waals surface area contributed by atoms with Gasteiger partial charge in [0, 0.05) is 12.6 Å². The number of ether oxygens (including phenoxy) is 1. The number of rotatable bonds is 12. The number of allylic oxidation sites excluding steroid dienone is 1. The van der Waals surface area contributed by atoms with E-state index in [1.165, 1.54) is 12.3 Å². The lowest BCUT2D eigenvalue weighted by Crippen LogP contribution is -2.47. The van der Waals surface area contributed by atoms with Crippen LogP contribution in [0.15, 0.2) is 109 Å². The van der Waals surface area contributed by atoms with Crippen molar-refractivity contribution >= 4 is 21.6 Å². The first kappa shape index (κ1) is 28.7. The summed E-state index contributed by atoms with van der Waals surface area (Å²) in [6.45, 7) is 5.65. The highest BCUT2D eigenvalue weighted by atomic mass is 32.2. The Morgan fingerprint density at radius 1 is 1.00 bits per heavy atom. The van der Waals surface area contributed by atoms with Gasteiger partial charge in [-0.2, -0.15) is 0 Å². The summed E-state index contributed by atoms with van der Waals surface area (Å²) in [7, 11) is -4.21. The Hall–Kier alpha value is -4.34. The molecule has 1 atom stereocenters. The van der Waals surface area contributed by atoms with Crippen LogP contribution in [0, 0.1) is 0 Å². The third-order valence-corrected chi connectivity index (χ3v) is 8.46. The molecular weight excluding hydrogens is 524 g/mol. The van der Waals surface area contributed by atoms with E-state index in [2.05, 4.69) is 27.9 Å². The maximum atomic E-state index is 14.0. The highest BCUT2D eigenvalue weighted by Gasteiger charge is 2.45. The standard InChI is InChI=1S/C31H32N4O4S/c1-3-9-23-10-7-11-26(20-23)25-17-15-24(16-18-25)21-31(32,40(37,38)29-14-5-6-19-33-29)27-12-8-13-28(35-27)34-22-30(36)39-4-2/h3,5-8,10-20H,1,4,9,21-22,32H2,2H3,(H,34,35). The van der Waals surface area contributed by atoms with Gasteiger partial charge in [0.2, 0.25) is 9.84 Å². The van der Waals surface area contributed by atoms with Crippen LogP contribution >= 0.6 is 0 Å². The Morgan fingerprint density at radius 3 is 2.48 bits per heavy atom. The van der Waals surface area contributed by atoms with Gasteiger partial charge in [0.05, 0.1) is 12.3 Å². The molecule has 2 heterocycles. The molecule has 206 valence electrons. The zero-order valence-corrected chi connectivity index (χ0v) is 23.1. The van der Waals surface area contributed by atoms with Crippen LogP contribution in [0.1, 0.15) is 23.7 Å². The summed E-state index contributed by atoms with van der Waals surface area (Å²) in [5, 5.41) is 2.73. The largest absolute Gasteiger partial charge is 0.465 e. The van der Waals surface area contributed by atoms with Gasteiger partial charge in [-0.05, 0) is 59.9 Å². The average molecular weight is 557 g/mol. The van der Waals surface area contributed by atoms with E-state index in [0.717, 1.165) is 23.1 Å². The number of carbonyl (C=O) groups is 1. The molecule has 4 rings (SSSR count). The second-order valence-corrected chi connectivity index (χ2v) is 11.3. The molecule has 2 aromatic carbocycles. The number of pyridine rings is 2. The lowest BCUT2D eigenvalue weighted by molar-refractivity contribution is -0.140. The maximum Gasteiger partial charge on any atom is 0.325 e. The molecule has 0 bridgehead atoms. The van der Waals surface area contributed by atoms with E-state index in [-0.39, 0.29) is 30.3 Å². The Bertz CT molecular complexity index is 1570. The number of nitrogens with one attached hydrogen (secondary N) is 1. The topological polar surface area (TPSA) is 124 Å². The van der Waals surface area contributed by atoms with Crippen molar-refractivity contribution in [3.63, 3.8) is 0 Å². The number of carbonyl (C=O) groups excluding carboxylic acids is 1. The molecule has 0 aliphatic rings. The molecule has 40 heavy (non-hydrogen) atoms. The fraction of sp³-hybridized carbons (Fsp3) is 0.194. The number of sulfone groups is 1. The van der Waals surface area contributed by atoms with Crippen LogP contribution in [0.5, 0.6) is 0 Å². The summed E-state index contributed by atoms with van der Waals surface area (Å²) in [4.78, 5) is 18.5. The third-order valence-electron chi connectivity index (χ3n) is 6.36. The van der Waals surface area contributed by atoms with Crippen molar-refractivity contribution in [2.24, 2.45) is 5.73 Å². The van der Waals surface area contributed by atoms with Gasteiger partial charge in [-0.3, -0.25) is 4.79 Å². The van der Waals surface area contributed by atoms with E-state index in [0.29, 0.717) is 11.4 Å². The van der Waals surface area contributed by atoms with Crippen molar-refractivity contribution in [1.29, 1.82) is 0 Å². The summed E-state index contributed by atoms with van der Waals surface area (Å²) >= 11 is 0. The molecule has 4 aromatic rings. The van der Waals surface area contributed by atoms with Crippen LogP contribution in [0.4, 0.5) is 5.82 Å². The second kappa shape index (κ2) is 12.7. The zero-order chi connectivity index (χ0) is 28.6. The molecule has 0 fully saturated rings. The van der Waals surface area contributed by atoms with Crippen LogP contribution in [0.25, 0.3) is 11.1 Å². The molecule has 0 spiro atoms. The minimum absolute atomic E-state index is 0.0585. The smallest absolute Gasteiger partial charge is 0.325 e. The number of nitrogens with zero attached hydrogens (tertiary/aromatic N) is 2. The number of benzene rings is 2. The van der Waals surface area contributed by atoms with Gasteiger partial charge in [0.15, 0.2) is 9.90 Å². The Morgan fingerprint density at radius 2 is 1.77 bits per heavy atom. The zero-order valence-electron chi connectivity index (χ0n) is 22.3. The van der Waals surface area contributed by atoms with Crippen molar-refractivity contribution in [1.82, 2.24) is 9.97 Å². The first-order valence-electron chi connectivity index (χ1n) is 12.9. The van der Waals surface area contributed by atoms with Crippen molar-refractivity contribution in [2.45, 2.75) is 29.7 Å². The molecule has 2 aromatic heterocycles. The quantitative estimate of drug-likeness (QED) is 0.191. The predicted octanol–water partition coefficient (Wildman–Crippen LogP) is 4.68. The van der Waals surface area contributed by atoms with E-state index in [4.69, 9.17) is 10.5 Å². The number of aromatic nitrogens is 2. The first-order chi connectivity index (χ1) is 19.3. The minimum Gasteiger partial charge on any atom is -0.465 e. The summed E-state index contributed by atoms with van der Waals surface area (Å²) in [6, 6.07) is 25.3. The monoisotopic (exact) mass is 556 g/mol. The van der Waals surface area contributed by atoms with E-state index in [9.17, 15) is 13.2 Å². The molecule has 0 radical (unpaired) electrons. The van der Waals surface area contributed by atoms with Gasteiger partial charge >= 0.3 is 5.97 Å². The highest BCUT2D eigenvalue weighted by molar-refractivity contribution is 7.92. The van der Waals surface area contributed by atoms with Crippen molar-refractivity contribution < 1.29 is 17.9 Å². The molecular formula is C31H32N4O4S. The maximum absolute atomic E-state index is 14.0. The number of esters is 1. The number of hydrogen-bond acceptors (Lipinski definition) is 8. The van der Waals surface area contributed by atoms with Crippen molar-refractivity contribution in [2.75, 3.05) is 18.5 Å². The SMILES string of the molecule is C=CCc1cccc(-c2ccc(CC(N)(c3cccc(NCC(=O)OCC)n3)S(=O)(=O)c3ccccn3)cc2)c1. The van der Waals surface area contributed by atoms with Gasteiger partial charge in [0.25, 0.3) is 0 Å². The Balaban J connectivity index is 1.70. The van der Waals surface area contributed by atoms with Crippen LogP contribution in [0.3, 0.4) is 0 Å². The number of anilines is 1. The predicted molar refractivity (Wildman–Crippen MR) is 156 cm³/mol. The van der Waals surface area contributed by atoms with Crippen LogP contribution in [0.2, 0.25) is 0 Å². The molecule has 9 heteroatoms. The van der Waals surface area contributed by atoms with Crippen molar-refractivity contribution in [3.05, 3.63) is 121 Å². The summed E-state index contributed by atoms with van der Waals surface area (Å²) in [5.41, 5.74) is 10.8. The normalized spacial score (nSPS) is 12.8. The van der Waals surface area contributed by atoms with Gasteiger partial charge in [0.1, 0.15) is 12.4 Å². The minimum atomic E-state index is -4.21. The van der Waals surface area contributed by atoms with E-state index in [1.54, 1.807) is 37.3 Å². The number of hydrogen-bond donors (Lipinski definition) is 2. The molecule has 8 nitrogen and oxygen atoms in total. The highest BCUT2D eigenvalue weighted by Crippen LogP contribution is 2.34. The lowest BCUT2D eigenvalue weighted by Gasteiger charge is -2.29. The summed E-state index contributed by atoms with van der Waals surface area (Å²) < 4.78 is 32.9. The lowest BCUT2D eigenvalue weighted by atomic mass is 9.98. The van der Waals surface area contributed by atoms with Gasteiger partial charge in [-0.1, -0.05) is 66.7 Å². The first-order valence-corrected chi connectivity index (χ1v) is 14.4. The fourth-order valence-electron chi connectivity index (χ4n) is 4.32. The molecule has 0 saturated heterocycles. The van der Waals surface area contributed by atoms with Crippen LogP contribution in [-0.4, -0.2) is 37.5 Å². The average Bonchev–Trinajstić information content (AvgIpc) is 2.97. The van der Waals surface area contributed by atoms with E-state index in [1.807, 2.05) is 48.5 Å². The molecule has 1 unspecified atom stereocenters. The molecule has 0 aliphatic carbocycles. The Kier molecular flexibility index (Phi) is 9.08. The van der Waals surface area contributed by atoms with Gasteiger partial charge in [-0.15, -0.1) is 6.58 Å². The fourth-order valence-corrected chi connectivity index (χ4v) is 5.90. The number of nitrogens with two attached hydrogens (primary N) is 1. The summed E-state index contributed by atoms with van der Waals surface area (Å²) in [5.74, 6) is -0.156. The van der Waals surface area contributed by atoms with Crippen molar-refractivity contribution in [3.8, 4) is 11.1 Å². The van der Waals surface area contributed by atoms with Gasteiger partial charge in [-0.25, -0.2) is 18.4 Å². The molecule has 3 N–H and O–H groups in total. The van der Waals surface area contributed by atoms with E-state index < -0.39 is 20.7 Å². The van der Waals surface area contributed by atoms with Crippen LogP contribution < -0.4 is 11.1 Å². The third kappa shape index (κ3) is 6.44. The molecule has 0 saturated carbocycles. The molecule has 0 amide bonds. The van der Waals surface area contributed by atoms with Crippen LogP contribution in [-0.2, 0) is 37.1 Å². The summed E-state index contributed by atoms with van der Waals surface area (Å²) in [6.07, 6.45) is 3.98. The second-order valence-electron chi connectivity index (χ2n) is 9.19.